The Labute approximate surface area is 147 Å². The van der Waals surface area contributed by atoms with Crippen LogP contribution in [0.4, 0.5) is 5.82 Å². The molecule has 23 heavy (non-hydrogen) atoms. The summed E-state index contributed by atoms with van der Waals surface area (Å²) in [4.78, 5) is 26.8. The van der Waals surface area contributed by atoms with Gasteiger partial charge in [-0.05, 0) is 18.4 Å². The van der Waals surface area contributed by atoms with Gasteiger partial charge in [0, 0.05) is 33.0 Å². The summed E-state index contributed by atoms with van der Waals surface area (Å²) in [5, 5.41) is -0.0484. The number of aromatic amines is 1. The number of likely N-dealkylation sites (N-methyl/N-ethyl adjacent to an activating group) is 1. The summed E-state index contributed by atoms with van der Waals surface area (Å²) >= 11 is 0. The molecule has 0 aliphatic carbocycles. The van der Waals surface area contributed by atoms with Crippen molar-refractivity contribution in [1.82, 2.24) is 19.9 Å². The van der Waals surface area contributed by atoms with Gasteiger partial charge in [-0.1, -0.05) is 6.92 Å². The van der Waals surface area contributed by atoms with Crippen molar-refractivity contribution in [2.75, 3.05) is 31.4 Å². The molecule has 1 N–H and O–H groups in total. The predicted octanol–water partition coefficient (Wildman–Crippen LogP) is 1.55. The molecule has 0 bridgehead atoms. The number of carbonyl (C=O) groups is 1. The summed E-state index contributed by atoms with van der Waals surface area (Å²) < 4.78 is 74.1. The average molecular weight is 321 g/mol. The second-order valence-electron chi connectivity index (χ2n) is 5.13. The molecule has 3 heterocycles. The van der Waals surface area contributed by atoms with E-state index in [9.17, 15) is 4.79 Å². The van der Waals surface area contributed by atoms with Gasteiger partial charge in [-0.2, -0.15) is 0 Å². The first-order valence-corrected chi connectivity index (χ1v) is 6.91. The molecule has 1 aliphatic heterocycles. The minimum atomic E-state index is -3.04. The highest BCUT2D eigenvalue weighted by molar-refractivity contribution is 5.87. The molecule has 1 aliphatic rings. The number of anilines is 1. The van der Waals surface area contributed by atoms with Crippen LogP contribution in [0.3, 0.4) is 0 Å². The number of amides is 1. The van der Waals surface area contributed by atoms with Gasteiger partial charge in [0.05, 0.1) is 15.5 Å². The van der Waals surface area contributed by atoms with E-state index in [0.717, 1.165) is 0 Å². The van der Waals surface area contributed by atoms with Crippen molar-refractivity contribution in [1.29, 1.82) is 0 Å². The van der Waals surface area contributed by atoms with E-state index in [4.69, 9.17) is 18.9 Å². The largest absolute Gasteiger partial charge is 0.354 e. The third-order valence-electron chi connectivity index (χ3n) is 3.55. The minimum Gasteiger partial charge on any atom is -0.354 e. The number of likely N-dealkylation sites (tertiary alicyclic amines) is 1. The molecule has 0 aromatic carbocycles. The summed E-state index contributed by atoms with van der Waals surface area (Å²) in [6.07, 6.45) is 0.253. The van der Waals surface area contributed by atoms with E-state index in [1.54, 1.807) is 0 Å². The fourth-order valence-electron chi connectivity index (χ4n) is 2.32. The highest BCUT2D eigenvalue weighted by Gasteiger charge is 2.33. The second-order valence-corrected chi connectivity index (χ2v) is 5.13. The Hall–Kier alpha value is -2.62. The zero-order valence-corrected chi connectivity index (χ0v) is 12.3. The normalized spacial score (nSPS) is 31.8. The Morgan fingerprint density at radius 2 is 2.61 bits per heavy atom. The molecule has 0 spiro atoms. The summed E-state index contributed by atoms with van der Waals surface area (Å²) in [6, 6.07) is -1.81. The summed E-state index contributed by atoms with van der Waals surface area (Å²) in [6.45, 7) is -0.840. The third-order valence-corrected chi connectivity index (χ3v) is 3.55. The van der Waals surface area contributed by atoms with Crippen LogP contribution in [0.25, 0.3) is 15.9 Å². The number of rotatable bonds is 3. The van der Waals surface area contributed by atoms with E-state index in [2.05, 4.69) is 19.8 Å². The van der Waals surface area contributed by atoms with Crippen molar-refractivity contribution >= 4 is 22.8 Å². The molecule has 0 radical (unpaired) electrons. The van der Waals surface area contributed by atoms with E-state index >= 15 is 0 Å². The molecule has 0 unspecified atom stereocenters. The van der Waals surface area contributed by atoms with E-state index in [-0.39, 0.29) is 17.1 Å². The monoisotopic (exact) mass is 321 g/mol. The molecule has 3 rings (SSSR count). The molecule has 2 aromatic heterocycles. The van der Waals surface area contributed by atoms with Gasteiger partial charge in [-0.3, -0.25) is 4.79 Å². The van der Waals surface area contributed by atoms with Crippen molar-refractivity contribution in [2.24, 2.45) is 5.92 Å². The Morgan fingerprint density at radius 1 is 1.74 bits per heavy atom. The van der Waals surface area contributed by atoms with E-state index in [0.29, 0.717) is 9.80 Å². The number of hydrogen-bond donors (Lipinski definition) is 1. The lowest BCUT2D eigenvalue weighted by molar-refractivity contribution is -0.130. The molecular weight excluding hydrogens is 292 g/mol. The molecule has 1 saturated heterocycles. The Balaban J connectivity index is 2.29. The lowest BCUT2D eigenvalue weighted by atomic mass is 9.92. The van der Waals surface area contributed by atoms with Crippen LogP contribution < -0.4 is 4.90 Å². The maximum absolute atomic E-state index is 12.6. The zero-order chi connectivity index (χ0) is 24.2. The summed E-state index contributed by atoms with van der Waals surface area (Å²) in [5.41, 5.74) is 0.0135. The van der Waals surface area contributed by atoms with Crippen LogP contribution in [-0.4, -0.2) is 58.3 Å². The Kier molecular flexibility index (Phi) is 2.11. The fourth-order valence-corrected chi connectivity index (χ4v) is 2.32. The van der Waals surface area contributed by atoms with Gasteiger partial charge < -0.3 is 19.6 Å². The molecule has 1 amide bonds. The van der Waals surface area contributed by atoms with E-state index in [1.165, 1.54) is 13.1 Å². The van der Waals surface area contributed by atoms with Crippen molar-refractivity contribution < 1.29 is 17.1 Å². The molecule has 0 saturated carbocycles. The highest BCUT2D eigenvalue weighted by atomic mass is 16.2. The number of hydrogen-bond acceptors (Lipinski definition) is 4. The summed E-state index contributed by atoms with van der Waals surface area (Å²) in [7, 11) is 0. The van der Waals surface area contributed by atoms with E-state index in [1.807, 2.05) is 0 Å². The quantitative estimate of drug-likeness (QED) is 0.871. The molecule has 120 valence electrons. The molecule has 2 aromatic rings. The number of nitrogens with zero attached hydrogens (tertiary/aromatic N) is 5. The van der Waals surface area contributed by atoms with Crippen LogP contribution in [0.1, 0.15) is 25.7 Å². The standard InChI is InChI=1S/C16H20N6O/c1-11-5-7-22(14(23)8-17-2)9-13(11)21(3)16-12-4-6-18-15(12)19-10-20-16/h4,6,10-11,13H,5,7-9H2,1,3H3,(H,18,19,20)/t11-,13+/m1/s1/i3D3,4D,7D2,9D2,10D. The average Bonchev–Trinajstić information content (AvgIpc) is 2.96. The maximum atomic E-state index is 12.6. The van der Waals surface area contributed by atoms with Crippen LogP contribution >= 0.6 is 0 Å². The lowest BCUT2D eigenvalue weighted by Crippen LogP contribution is -2.53. The molecule has 1 fully saturated rings. The van der Waals surface area contributed by atoms with Gasteiger partial charge in [0.1, 0.15) is 19.1 Å². The zero-order valence-electron chi connectivity index (χ0n) is 21.3. The highest BCUT2D eigenvalue weighted by Crippen LogP contribution is 2.28. The second kappa shape index (κ2) is 6.24. The number of piperidine rings is 1. The topological polar surface area (TPSA) is 69.5 Å². The first-order valence-electron chi connectivity index (χ1n) is 11.4. The van der Waals surface area contributed by atoms with Crippen molar-refractivity contribution in [2.45, 2.75) is 19.4 Å². The Bertz CT molecular complexity index is 1090. The van der Waals surface area contributed by atoms with Gasteiger partial charge >= 0.3 is 5.91 Å². The van der Waals surface area contributed by atoms with Gasteiger partial charge in [-0.15, -0.1) is 0 Å². The molecule has 2 atom stereocenters. The molecular formula is C16H20N6O. The predicted molar refractivity (Wildman–Crippen MR) is 87.9 cm³/mol. The van der Waals surface area contributed by atoms with E-state index < -0.39 is 62.9 Å². The minimum absolute atomic E-state index is 0.0135. The van der Waals surface area contributed by atoms with Crippen LogP contribution in [0.2, 0.25) is 0 Å². The lowest BCUT2D eigenvalue weighted by Gasteiger charge is -2.41. The number of aromatic nitrogens is 3. The van der Waals surface area contributed by atoms with Crippen LogP contribution in [0, 0.1) is 12.5 Å². The summed E-state index contributed by atoms with van der Waals surface area (Å²) in [5.74, 6) is -2.45. The molecule has 7 heteroatoms. The maximum Gasteiger partial charge on any atom is 0.302 e. The smallest absolute Gasteiger partial charge is 0.302 e. The van der Waals surface area contributed by atoms with Crippen LogP contribution in [-0.2, 0) is 4.79 Å². The van der Waals surface area contributed by atoms with Gasteiger partial charge in [0.25, 0.3) is 6.54 Å². The number of fused-ring (bicyclic) bond motifs is 1. The van der Waals surface area contributed by atoms with Crippen molar-refractivity contribution in [3.8, 4) is 0 Å². The van der Waals surface area contributed by atoms with Crippen LogP contribution in [0.5, 0.6) is 0 Å². The van der Waals surface area contributed by atoms with Gasteiger partial charge in [-0.25, -0.2) is 16.5 Å². The number of nitrogens with one attached hydrogen (secondary N) is 1. The van der Waals surface area contributed by atoms with Gasteiger partial charge in [0.15, 0.2) is 0 Å². The first-order chi connectivity index (χ1) is 14.6. The van der Waals surface area contributed by atoms with Crippen molar-refractivity contribution in [3.63, 3.8) is 0 Å². The van der Waals surface area contributed by atoms with Gasteiger partial charge in [0.2, 0.25) is 0 Å². The Morgan fingerprint density at radius 3 is 3.39 bits per heavy atom. The van der Waals surface area contributed by atoms with Crippen LogP contribution in [0.15, 0.2) is 18.5 Å². The SMILES string of the molecule is [2H]c1nc(N([C@@H]2[C@H](C)CC([2H])([2H])N(C(=O)C[N+]#[C-])C2([2H])[2H])C([2H])([2H])[2H])c2c([2H])c[nH]c2n1. The van der Waals surface area contributed by atoms with Crippen molar-refractivity contribution in [3.05, 3.63) is 30.0 Å². The fraction of sp³-hybridized carbons (Fsp3) is 0.500. The third kappa shape index (κ3) is 2.84. The first kappa shape index (κ1) is 7.77. The number of H-pyrrole nitrogens is 1. The molecule has 7 nitrogen and oxygen atoms in total. The number of carbonyl (C=O) groups excluding carboxylic acids is 1.